The SMILES string of the molecule is CN[C@@H](C)C(=O)N[C@H](C(=O)N1CCC[C@H]1Cc1coc2ccc(F)cc12)C(C)C. The average molecular weight is 403 g/mol. The van der Waals surface area contributed by atoms with Crippen LogP contribution in [0.3, 0.4) is 0 Å². The van der Waals surface area contributed by atoms with Gasteiger partial charge in [-0.2, -0.15) is 0 Å². The van der Waals surface area contributed by atoms with E-state index in [1.54, 1.807) is 26.3 Å². The summed E-state index contributed by atoms with van der Waals surface area (Å²) in [6, 6.07) is 3.54. The summed E-state index contributed by atoms with van der Waals surface area (Å²) in [6.45, 7) is 6.29. The van der Waals surface area contributed by atoms with Crippen molar-refractivity contribution in [3.05, 3.63) is 35.8 Å². The molecule has 2 N–H and O–H groups in total. The number of nitrogens with one attached hydrogen (secondary N) is 2. The highest BCUT2D eigenvalue weighted by molar-refractivity contribution is 5.90. The average Bonchev–Trinajstić information content (AvgIpc) is 3.32. The molecule has 1 aliphatic rings. The van der Waals surface area contributed by atoms with Gasteiger partial charge in [0, 0.05) is 23.5 Å². The lowest BCUT2D eigenvalue weighted by Gasteiger charge is -2.31. The fourth-order valence-corrected chi connectivity index (χ4v) is 3.91. The Morgan fingerprint density at radius 2 is 2.07 bits per heavy atom. The maximum absolute atomic E-state index is 13.7. The third-order valence-electron chi connectivity index (χ3n) is 5.79. The summed E-state index contributed by atoms with van der Waals surface area (Å²) in [5.74, 6) is -0.578. The molecule has 0 saturated carbocycles. The summed E-state index contributed by atoms with van der Waals surface area (Å²) in [5, 5.41) is 6.55. The molecule has 3 rings (SSSR count). The van der Waals surface area contributed by atoms with Crippen LogP contribution in [0.15, 0.2) is 28.9 Å². The molecule has 6 nitrogen and oxygen atoms in total. The lowest BCUT2D eigenvalue weighted by Crippen LogP contribution is -2.55. The van der Waals surface area contributed by atoms with E-state index in [9.17, 15) is 14.0 Å². The van der Waals surface area contributed by atoms with Gasteiger partial charge in [0.1, 0.15) is 17.4 Å². The number of furan rings is 1. The summed E-state index contributed by atoms with van der Waals surface area (Å²) in [4.78, 5) is 27.5. The van der Waals surface area contributed by atoms with E-state index in [2.05, 4.69) is 10.6 Å². The number of carbonyl (C=O) groups excluding carboxylic acids is 2. The standard InChI is InChI=1S/C22H30FN3O3/c1-13(2)20(25-21(27)14(3)24-4)22(28)26-9-5-6-17(26)10-15-12-29-19-8-7-16(23)11-18(15)19/h7-8,11-14,17,20,24H,5-6,9-10H2,1-4H3,(H,25,27)/t14-,17-,20-/m0/s1. The highest BCUT2D eigenvalue weighted by Crippen LogP contribution is 2.28. The summed E-state index contributed by atoms with van der Waals surface area (Å²) in [5.41, 5.74) is 1.55. The van der Waals surface area contributed by atoms with Crippen molar-refractivity contribution in [2.45, 2.75) is 58.2 Å². The number of hydrogen-bond acceptors (Lipinski definition) is 4. The molecule has 3 atom stereocenters. The Morgan fingerprint density at radius 3 is 2.76 bits per heavy atom. The van der Waals surface area contributed by atoms with Gasteiger partial charge in [0.15, 0.2) is 0 Å². The number of rotatable bonds is 7. The fraction of sp³-hybridized carbons (Fsp3) is 0.545. The molecule has 1 aromatic carbocycles. The number of carbonyl (C=O) groups is 2. The smallest absolute Gasteiger partial charge is 0.245 e. The van der Waals surface area contributed by atoms with E-state index in [1.165, 1.54) is 12.1 Å². The summed E-state index contributed by atoms with van der Waals surface area (Å²) >= 11 is 0. The molecule has 158 valence electrons. The molecule has 1 aliphatic heterocycles. The largest absolute Gasteiger partial charge is 0.464 e. The number of halogens is 1. The second-order valence-corrected chi connectivity index (χ2v) is 8.17. The Bertz CT molecular complexity index is 879. The van der Waals surface area contributed by atoms with Crippen LogP contribution in [0, 0.1) is 11.7 Å². The summed E-state index contributed by atoms with van der Waals surface area (Å²) < 4.78 is 19.2. The van der Waals surface area contributed by atoms with Crippen molar-refractivity contribution < 1.29 is 18.4 Å². The van der Waals surface area contributed by atoms with Gasteiger partial charge in [-0.25, -0.2) is 4.39 Å². The molecule has 1 saturated heterocycles. The van der Waals surface area contributed by atoms with Gasteiger partial charge in [-0.15, -0.1) is 0 Å². The molecule has 1 aromatic heterocycles. The molecule has 7 heteroatoms. The van der Waals surface area contributed by atoms with Crippen molar-refractivity contribution in [1.29, 1.82) is 0 Å². The predicted molar refractivity (Wildman–Crippen MR) is 110 cm³/mol. The number of fused-ring (bicyclic) bond motifs is 1. The fourth-order valence-electron chi connectivity index (χ4n) is 3.91. The molecule has 0 bridgehead atoms. The number of likely N-dealkylation sites (tertiary alicyclic amines) is 1. The van der Waals surface area contributed by atoms with E-state index in [0.717, 1.165) is 23.8 Å². The van der Waals surface area contributed by atoms with Crippen LogP contribution in [0.5, 0.6) is 0 Å². The molecule has 2 heterocycles. The van der Waals surface area contributed by atoms with E-state index < -0.39 is 6.04 Å². The Balaban J connectivity index is 1.76. The monoisotopic (exact) mass is 403 g/mol. The first-order valence-electron chi connectivity index (χ1n) is 10.3. The third-order valence-corrected chi connectivity index (χ3v) is 5.79. The highest BCUT2D eigenvalue weighted by atomic mass is 19.1. The molecule has 0 unspecified atom stereocenters. The minimum atomic E-state index is -0.572. The van der Waals surface area contributed by atoms with Gasteiger partial charge < -0.3 is 20.0 Å². The molecule has 0 aliphatic carbocycles. The second-order valence-electron chi connectivity index (χ2n) is 8.17. The van der Waals surface area contributed by atoms with Gasteiger partial charge in [0.25, 0.3) is 0 Å². The molecule has 0 spiro atoms. The van der Waals surface area contributed by atoms with Crippen molar-refractivity contribution in [2.24, 2.45) is 5.92 Å². The molecule has 0 radical (unpaired) electrons. The number of benzene rings is 1. The van der Waals surface area contributed by atoms with Crippen molar-refractivity contribution in [3.63, 3.8) is 0 Å². The van der Waals surface area contributed by atoms with Gasteiger partial charge in [0.05, 0.1) is 12.3 Å². The Morgan fingerprint density at radius 1 is 1.31 bits per heavy atom. The first-order chi connectivity index (χ1) is 13.8. The molecule has 2 aromatic rings. The molecule has 2 amide bonds. The van der Waals surface area contributed by atoms with E-state index >= 15 is 0 Å². The lowest BCUT2D eigenvalue weighted by atomic mass is 9.99. The Kier molecular flexibility index (Phi) is 6.57. The van der Waals surface area contributed by atoms with Crippen molar-refractivity contribution >= 4 is 22.8 Å². The second kappa shape index (κ2) is 8.95. The van der Waals surface area contributed by atoms with Crippen molar-refractivity contribution in [3.8, 4) is 0 Å². The van der Waals surface area contributed by atoms with Crippen molar-refractivity contribution in [1.82, 2.24) is 15.5 Å². The molecule has 1 fully saturated rings. The van der Waals surface area contributed by atoms with E-state index in [1.807, 2.05) is 18.7 Å². The summed E-state index contributed by atoms with van der Waals surface area (Å²) in [6.07, 6.45) is 4.04. The number of likely N-dealkylation sites (N-methyl/N-ethyl adjacent to an activating group) is 1. The van der Waals surface area contributed by atoms with Crippen LogP contribution in [0.2, 0.25) is 0 Å². The summed E-state index contributed by atoms with van der Waals surface area (Å²) in [7, 11) is 1.71. The van der Waals surface area contributed by atoms with Gasteiger partial charge in [-0.3, -0.25) is 9.59 Å². The topological polar surface area (TPSA) is 74.6 Å². The zero-order valence-corrected chi connectivity index (χ0v) is 17.5. The zero-order valence-electron chi connectivity index (χ0n) is 17.5. The van der Waals surface area contributed by atoms with E-state index in [0.29, 0.717) is 18.5 Å². The van der Waals surface area contributed by atoms with Gasteiger partial charge in [0.2, 0.25) is 11.8 Å². The molecular weight excluding hydrogens is 373 g/mol. The van der Waals surface area contributed by atoms with Crippen LogP contribution < -0.4 is 10.6 Å². The van der Waals surface area contributed by atoms with Crippen LogP contribution in [0.1, 0.15) is 39.2 Å². The minimum absolute atomic E-state index is 0.00597. The van der Waals surface area contributed by atoms with Crippen LogP contribution in [-0.4, -0.2) is 48.4 Å². The van der Waals surface area contributed by atoms with E-state index in [-0.39, 0.29) is 35.6 Å². The molecular formula is C22H30FN3O3. The number of nitrogens with zero attached hydrogens (tertiary/aromatic N) is 1. The van der Waals surface area contributed by atoms with Crippen LogP contribution >= 0.6 is 0 Å². The Labute approximate surface area is 170 Å². The molecule has 29 heavy (non-hydrogen) atoms. The maximum atomic E-state index is 13.7. The highest BCUT2D eigenvalue weighted by Gasteiger charge is 2.36. The van der Waals surface area contributed by atoms with Crippen LogP contribution in [-0.2, 0) is 16.0 Å². The van der Waals surface area contributed by atoms with Crippen molar-refractivity contribution in [2.75, 3.05) is 13.6 Å². The Hall–Kier alpha value is -2.41. The maximum Gasteiger partial charge on any atom is 0.245 e. The zero-order chi connectivity index (χ0) is 21.1. The van der Waals surface area contributed by atoms with Crippen LogP contribution in [0.4, 0.5) is 4.39 Å². The van der Waals surface area contributed by atoms with Gasteiger partial charge in [-0.1, -0.05) is 13.8 Å². The number of hydrogen-bond donors (Lipinski definition) is 2. The lowest BCUT2D eigenvalue weighted by molar-refractivity contribution is -0.138. The quantitative estimate of drug-likeness (QED) is 0.746. The number of amides is 2. The van der Waals surface area contributed by atoms with Gasteiger partial charge >= 0.3 is 0 Å². The third kappa shape index (κ3) is 4.61. The van der Waals surface area contributed by atoms with E-state index in [4.69, 9.17) is 4.42 Å². The first-order valence-corrected chi connectivity index (χ1v) is 10.3. The normalized spacial score (nSPS) is 19.0. The minimum Gasteiger partial charge on any atom is -0.464 e. The predicted octanol–water partition coefficient (Wildman–Crippen LogP) is 2.85. The first kappa shape index (κ1) is 21.3. The van der Waals surface area contributed by atoms with Gasteiger partial charge in [-0.05, 0) is 57.4 Å². The van der Waals surface area contributed by atoms with Crippen LogP contribution in [0.25, 0.3) is 11.0 Å².